The second-order valence-electron chi connectivity index (χ2n) is 5.27. The third-order valence-electron chi connectivity index (χ3n) is 3.36. The van der Waals surface area contributed by atoms with Crippen LogP contribution in [0.5, 0.6) is 0 Å². The first-order valence-corrected chi connectivity index (χ1v) is 7.88. The fourth-order valence-electron chi connectivity index (χ4n) is 2.05. The maximum absolute atomic E-state index is 12.1. The van der Waals surface area contributed by atoms with E-state index in [2.05, 4.69) is 10.6 Å². The molecular weight excluding hydrogens is 338 g/mol. The van der Waals surface area contributed by atoms with Gasteiger partial charge in [0, 0.05) is 29.0 Å². The molecule has 126 valence electrons. The maximum atomic E-state index is 12.1. The van der Waals surface area contributed by atoms with Crippen LogP contribution in [0.25, 0.3) is 0 Å². The standard InChI is InChI=1S/C19H16ClN3O2/c1-13(24)15-5-7-18(8-6-15)23-19(25)16(10-21)12-22-11-14-3-2-4-17(20)9-14/h2-9,12,22H,11H2,1H3,(H,23,25)/b16-12-. The Balaban J connectivity index is 1.97. The number of rotatable bonds is 6. The van der Waals surface area contributed by atoms with E-state index in [0.717, 1.165) is 5.56 Å². The Hall–Kier alpha value is -3.10. The molecule has 0 unspecified atom stereocenters. The Morgan fingerprint density at radius 1 is 1.20 bits per heavy atom. The topological polar surface area (TPSA) is 82.0 Å². The van der Waals surface area contributed by atoms with Crippen LogP contribution in [0.3, 0.4) is 0 Å². The fraction of sp³-hybridized carbons (Fsp3) is 0.105. The number of amides is 1. The van der Waals surface area contributed by atoms with Crippen LogP contribution in [0.15, 0.2) is 60.3 Å². The minimum Gasteiger partial charge on any atom is -0.386 e. The Bertz CT molecular complexity index is 852. The highest BCUT2D eigenvalue weighted by molar-refractivity contribution is 6.30. The molecule has 6 heteroatoms. The number of anilines is 1. The van der Waals surface area contributed by atoms with Gasteiger partial charge < -0.3 is 10.6 Å². The number of carbonyl (C=O) groups is 2. The van der Waals surface area contributed by atoms with Crippen LogP contribution in [0.4, 0.5) is 5.69 Å². The summed E-state index contributed by atoms with van der Waals surface area (Å²) in [6, 6.07) is 15.6. The predicted octanol–water partition coefficient (Wildman–Crippen LogP) is 3.68. The van der Waals surface area contributed by atoms with Crippen molar-refractivity contribution < 1.29 is 9.59 Å². The zero-order valence-corrected chi connectivity index (χ0v) is 14.3. The molecule has 0 aliphatic rings. The molecule has 0 spiro atoms. The van der Waals surface area contributed by atoms with Crippen molar-refractivity contribution in [3.05, 3.63) is 76.5 Å². The summed E-state index contributed by atoms with van der Waals surface area (Å²) in [6.45, 7) is 1.90. The molecule has 0 aliphatic heterocycles. The summed E-state index contributed by atoms with van der Waals surface area (Å²) in [6.07, 6.45) is 1.36. The van der Waals surface area contributed by atoms with Gasteiger partial charge in [0.1, 0.15) is 11.6 Å². The summed E-state index contributed by atoms with van der Waals surface area (Å²) >= 11 is 5.90. The number of ketones is 1. The first kappa shape index (κ1) is 18.2. The summed E-state index contributed by atoms with van der Waals surface area (Å²) in [5, 5.41) is 15.3. The minimum absolute atomic E-state index is 0.0549. The Kier molecular flexibility index (Phi) is 6.33. The number of benzene rings is 2. The van der Waals surface area contributed by atoms with Crippen molar-refractivity contribution in [2.45, 2.75) is 13.5 Å². The molecule has 0 radical (unpaired) electrons. The molecule has 0 aliphatic carbocycles. The van der Waals surface area contributed by atoms with Crippen LogP contribution in [0, 0.1) is 11.3 Å². The lowest BCUT2D eigenvalue weighted by Gasteiger charge is -2.06. The van der Waals surface area contributed by atoms with E-state index < -0.39 is 5.91 Å². The predicted molar refractivity (Wildman–Crippen MR) is 97.1 cm³/mol. The third kappa shape index (κ3) is 5.48. The van der Waals surface area contributed by atoms with Crippen LogP contribution in [0.1, 0.15) is 22.8 Å². The Labute approximate surface area is 150 Å². The number of hydrogen-bond acceptors (Lipinski definition) is 4. The largest absolute Gasteiger partial charge is 0.386 e. The van der Waals surface area contributed by atoms with Gasteiger partial charge in [-0.15, -0.1) is 0 Å². The van der Waals surface area contributed by atoms with E-state index in [1.807, 2.05) is 18.2 Å². The van der Waals surface area contributed by atoms with Crippen LogP contribution in [0.2, 0.25) is 5.02 Å². The Morgan fingerprint density at radius 3 is 2.52 bits per heavy atom. The lowest BCUT2D eigenvalue weighted by Crippen LogP contribution is -2.16. The van der Waals surface area contributed by atoms with Gasteiger partial charge in [0.2, 0.25) is 0 Å². The molecule has 5 nitrogen and oxygen atoms in total. The summed E-state index contributed by atoms with van der Waals surface area (Å²) < 4.78 is 0. The smallest absolute Gasteiger partial charge is 0.267 e. The van der Waals surface area contributed by atoms with Crippen LogP contribution < -0.4 is 10.6 Å². The van der Waals surface area contributed by atoms with E-state index in [-0.39, 0.29) is 11.4 Å². The maximum Gasteiger partial charge on any atom is 0.267 e. The third-order valence-corrected chi connectivity index (χ3v) is 3.59. The molecule has 2 rings (SSSR count). The summed E-state index contributed by atoms with van der Waals surface area (Å²) in [5.74, 6) is -0.586. The molecule has 0 bridgehead atoms. The lowest BCUT2D eigenvalue weighted by molar-refractivity contribution is -0.112. The Morgan fingerprint density at radius 2 is 1.92 bits per heavy atom. The van der Waals surface area contributed by atoms with Gasteiger partial charge >= 0.3 is 0 Å². The van der Waals surface area contributed by atoms with Crippen molar-refractivity contribution in [1.82, 2.24) is 5.32 Å². The normalized spacial score (nSPS) is 10.7. The fourth-order valence-corrected chi connectivity index (χ4v) is 2.27. The van der Waals surface area contributed by atoms with E-state index in [4.69, 9.17) is 16.9 Å². The number of nitrogens with one attached hydrogen (secondary N) is 2. The van der Waals surface area contributed by atoms with E-state index in [0.29, 0.717) is 22.8 Å². The van der Waals surface area contributed by atoms with Crippen molar-refractivity contribution >= 4 is 29.0 Å². The molecule has 0 saturated heterocycles. The summed E-state index contributed by atoms with van der Waals surface area (Å²) in [5.41, 5.74) is 1.93. The van der Waals surface area contributed by atoms with E-state index in [1.54, 1.807) is 36.4 Å². The van der Waals surface area contributed by atoms with E-state index in [9.17, 15) is 9.59 Å². The van der Waals surface area contributed by atoms with Gasteiger partial charge in [-0.25, -0.2) is 0 Å². The first-order valence-electron chi connectivity index (χ1n) is 7.50. The van der Waals surface area contributed by atoms with Gasteiger partial charge in [0.25, 0.3) is 5.91 Å². The zero-order chi connectivity index (χ0) is 18.2. The molecule has 0 heterocycles. The van der Waals surface area contributed by atoms with Crippen LogP contribution in [-0.4, -0.2) is 11.7 Å². The number of carbonyl (C=O) groups excluding carboxylic acids is 2. The monoisotopic (exact) mass is 353 g/mol. The van der Waals surface area contributed by atoms with Gasteiger partial charge in [-0.3, -0.25) is 9.59 Å². The van der Waals surface area contributed by atoms with Gasteiger partial charge in [-0.05, 0) is 48.9 Å². The number of halogens is 1. The number of hydrogen-bond donors (Lipinski definition) is 2. The minimum atomic E-state index is -0.531. The van der Waals surface area contributed by atoms with Crippen molar-refractivity contribution in [3.63, 3.8) is 0 Å². The number of nitriles is 1. The number of nitrogens with zero attached hydrogens (tertiary/aromatic N) is 1. The van der Waals surface area contributed by atoms with Crippen molar-refractivity contribution in [2.75, 3.05) is 5.32 Å². The van der Waals surface area contributed by atoms with Gasteiger partial charge in [-0.2, -0.15) is 5.26 Å². The van der Waals surface area contributed by atoms with Gasteiger partial charge in [0.05, 0.1) is 0 Å². The molecular formula is C19H16ClN3O2. The molecule has 2 aromatic rings. The number of Topliss-reactive ketones (excluding diaryl/α,β-unsaturated/α-hetero) is 1. The molecule has 0 atom stereocenters. The molecule has 0 aromatic heterocycles. The average molecular weight is 354 g/mol. The molecule has 2 N–H and O–H groups in total. The highest BCUT2D eigenvalue weighted by Crippen LogP contribution is 2.12. The van der Waals surface area contributed by atoms with Crippen LogP contribution in [-0.2, 0) is 11.3 Å². The SMILES string of the molecule is CC(=O)c1ccc(NC(=O)/C(C#N)=C\NCc2cccc(Cl)c2)cc1. The van der Waals surface area contributed by atoms with Crippen molar-refractivity contribution in [1.29, 1.82) is 5.26 Å². The van der Waals surface area contributed by atoms with Crippen LogP contribution >= 0.6 is 11.6 Å². The molecule has 1 amide bonds. The second kappa shape index (κ2) is 8.67. The van der Waals surface area contributed by atoms with E-state index in [1.165, 1.54) is 13.1 Å². The van der Waals surface area contributed by atoms with Crippen molar-refractivity contribution in [3.8, 4) is 6.07 Å². The van der Waals surface area contributed by atoms with Gasteiger partial charge in [0.15, 0.2) is 5.78 Å². The molecule has 0 fully saturated rings. The van der Waals surface area contributed by atoms with E-state index >= 15 is 0 Å². The quantitative estimate of drug-likeness (QED) is 0.471. The lowest BCUT2D eigenvalue weighted by atomic mass is 10.1. The zero-order valence-electron chi connectivity index (χ0n) is 13.5. The highest BCUT2D eigenvalue weighted by atomic mass is 35.5. The molecule has 0 saturated carbocycles. The van der Waals surface area contributed by atoms with Gasteiger partial charge in [-0.1, -0.05) is 23.7 Å². The second-order valence-corrected chi connectivity index (χ2v) is 5.70. The average Bonchev–Trinajstić information content (AvgIpc) is 2.59. The van der Waals surface area contributed by atoms with Crippen molar-refractivity contribution in [2.24, 2.45) is 0 Å². The summed E-state index contributed by atoms with van der Waals surface area (Å²) in [4.78, 5) is 23.4. The highest BCUT2D eigenvalue weighted by Gasteiger charge is 2.09. The molecule has 25 heavy (non-hydrogen) atoms. The summed E-state index contributed by atoms with van der Waals surface area (Å²) in [7, 11) is 0. The molecule has 2 aromatic carbocycles. The first-order chi connectivity index (χ1) is 12.0.